The number of halogens is 3. The predicted molar refractivity (Wildman–Crippen MR) is 74.3 cm³/mol. The van der Waals surface area contributed by atoms with E-state index in [1.807, 2.05) is 0 Å². The molecule has 0 aromatic heterocycles. The summed E-state index contributed by atoms with van der Waals surface area (Å²) >= 11 is 3.22. The van der Waals surface area contributed by atoms with Gasteiger partial charge in [0.15, 0.2) is 0 Å². The van der Waals surface area contributed by atoms with Gasteiger partial charge in [-0.2, -0.15) is 0 Å². The first-order valence-corrected chi connectivity index (χ1v) is 6.55. The predicted octanol–water partition coefficient (Wildman–Crippen LogP) is 3.47. The lowest BCUT2D eigenvalue weighted by atomic mass is 9.99. The summed E-state index contributed by atoms with van der Waals surface area (Å²) in [5, 5.41) is 0. The highest BCUT2D eigenvalue weighted by Crippen LogP contribution is 2.27. The van der Waals surface area contributed by atoms with Gasteiger partial charge in [0.1, 0.15) is 11.6 Å². The average molecular weight is 327 g/mol. The Morgan fingerprint density at radius 1 is 1.11 bits per heavy atom. The smallest absolute Gasteiger partial charge is 0.137 e. The van der Waals surface area contributed by atoms with Gasteiger partial charge >= 0.3 is 0 Å². The molecule has 0 fully saturated rings. The first-order valence-electron chi connectivity index (χ1n) is 5.76. The lowest BCUT2D eigenvalue weighted by Gasteiger charge is -2.18. The maximum atomic E-state index is 13.5. The molecule has 0 spiro atoms. The monoisotopic (exact) mass is 326 g/mol. The van der Waals surface area contributed by atoms with Crippen molar-refractivity contribution in [3.8, 4) is 0 Å². The van der Waals surface area contributed by atoms with Gasteiger partial charge in [0.2, 0.25) is 0 Å². The van der Waals surface area contributed by atoms with E-state index in [4.69, 9.17) is 5.84 Å². The van der Waals surface area contributed by atoms with Gasteiger partial charge in [0.25, 0.3) is 0 Å². The molecule has 1 atom stereocenters. The zero-order valence-corrected chi connectivity index (χ0v) is 11.6. The number of benzene rings is 2. The van der Waals surface area contributed by atoms with Crippen LogP contribution in [0.25, 0.3) is 0 Å². The van der Waals surface area contributed by atoms with E-state index >= 15 is 0 Å². The zero-order valence-electron chi connectivity index (χ0n) is 10.0. The van der Waals surface area contributed by atoms with E-state index < -0.39 is 0 Å². The maximum absolute atomic E-state index is 13.5. The molecule has 1 unspecified atom stereocenters. The highest BCUT2D eigenvalue weighted by Gasteiger charge is 2.15. The summed E-state index contributed by atoms with van der Waals surface area (Å²) in [4.78, 5) is 0. The Morgan fingerprint density at radius 3 is 2.42 bits per heavy atom. The summed E-state index contributed by atoms with van der Waals surface area (Å²) in [6.45, 7) is 0. The fraction of sp³-hybridized carbons (Fsp3) is 0.143. The third-order valence-electron chi connectivity index (χ3n) is 2.91. The molecule has 19 heavy (non-hydrogen) atoms. The lowest BCUT2D eigenvalue weighted by Crippen LogP contribution is -2.30. The highest BCUT2D eigenvalue weighted by atomic mass is 79.9. The van der Waals surface area contributed by atoms with Crippen LogP contribution in [0.1, 0.15) is 17.2 Å². The van der Waals surface area contributed by atoms with Crippen molar-refractivity contribution in [2.75, 3.05) is 0 Å². The fourth-order valence-electron chi connectivity index (χ4n) is 1.90. The van der Waals surface area contributed by atoms with Gasteiger partial charge in [-0.1, -0.05) is 24.3 Å². The van der Waals surface area contributed by atoms with E-state index in [0.29, 0.717) is 10.9 Å². The Balaban J connectivity index is 2.25. The van der Waals surface area contributed by atoms with Crippen LogP contribution in [-0.4, -0.2) is 0 Å². The molecule has 0 heterocycles. The Morgan fingerprint density at radius 2 is 1.79 bits per heavy atom. The van der Waals surface area contributed by atoms with Crippen molar-refractivity contribution in [3.63, 3.8) is 0 Å². The summed E-state index contributed by atoms with van der Waals surface area (Å²) in [7, 11) is 0. The van der Waals surface area contributed by atoms with Gasteiger partial charge in [-0.05, 0) is 51.7 Å². The van der Waals surface area contributed by atoms with E-state index in [9.17, 15) is 8.78 Å². The van der Waals surface area contributed by atoms with Gasteiger partial charge in [-0.15, -0.1) is 0 Å². The number of nitrogens with two attached hydrogens (primary N) is 1. The Bertz CT molecular complexity index is 558. The second-order valence-corrected chi connectivity index (χ2v) is 4.99. The molecule has 0 bridgehead atoms. The first-order chi connectivity index (χ1) is 9.11. The number of hydrazine groups is 1. The fourth-order valence-corrected chi connectivity index (χ4v) is 2.45. The van der Waals surface area contributed by atoms with E-state index in [1.165, 1.54) is 18.2 Å². The standard InChI is InChI=1S/C14H13BrF2N2/c15-14-11(2-1-3-12(14)17)13(19-18)8-9-4-6-10(16)7-5-9/h1-7,13,19H,8,18H2. The maximum Gasteiger partial charge on any atom is 0.137 e. The number of hydrogen-bond donors (Lipinski definition) is 2. The topological polar surface area (TPSA) is 38.0 Å². The Hall–Kier alpha value is -1.30. The summed E-state index contributed by atoms with van der Waals surface area (Å²) < 4.78 is 26.7. The van der Waals surface area contributed by atoms with Gasteiger partial charge in [-0.25, -0.2) is 8.78 Å². The molecule has 2 rings (SSSR count). The van der Waals surface area contributed by atoms with Crippen molar-refractivity contribution in [1.82, 2.24) is 5.43 Å². The molecule has 3 N–H and O–H groups in total. The SMILES string of the molecule is NNC(Cc1ccc(F)cc1)c1cccc(F)c1Br. The number of hydrogen-bond acceptors (Lipinski definition) is 2. The van der Waals surface area contributed by atoms with E-state index in [0.717, 1.165) is 11.1 Å². The summed E-state index contributed by atoms with van der Waals surface area (Å²) in [6, 6.07) is 10.7. The van der Waals surface area contributed by atoms with Gasteiger partial charge in [0, 0.05) is 0 Å². The molecule has 0 aliphatic carbocycles. The minimum atomic E-state index is -0.336. The van der Waals surface area contributed by atoms with Crippen LogP contribution >= 0.6 is 15.9 Å². The largest absolute Gasteiger partial charge is 0.271 e. The molecule has 0 aliphatic heterocycles. The number of nitrogens with one attached hydrogen (secondary N) is 1. The molecular formula is C14H13BrF2N2. The molecule has 0 aliphatic rings. The van der Waals surface area contributed by atoms with Crippen LogP contribution in [0.15, 0.2) is 46.9 Å². The van der Waals surface area contributed by atoms with Crippen LogP contribution in [0.2, 0.25) is 0 Å². The van der Waals surface area contributed by atoms with Crippen LogP contribution < -0.4 is 11.3 Å². The summed E-state index contributed by atoms with van der Waals surface area (Å²) in [5.74, 6) is 4.91. The van der Waals surface area contributed by atoms with Crippen molar-refractivity contribution >= 4 is 15.9 Å². The van der Waals surface area contributed by atoms with E-state index in [2.05, 4.69) is 21.4 Å². The minimum absolute atomic E-state index is 0.254. The van der Waals surface area contributed by atoms with Crippen molar-refractivity contribution in [3.05, 3.63) is 69.7 Å². The molecule has 0 amide bonds. The normalized spacial score (nSPS) is 12.4. The highest BCUT2D eigenvalue weighted by molar-refractivity contribution is 9.10. The van der Waals surface area contributed by atoms with Gasteiger partial charge in [0.05, 0.1) is 10.5 Å². The van der Waals surface area contributed by atoms with Crippen LogP contribution in [0.4, 0.5) is 8.78 Å². The van der Waals surface area contributed by atoms with Gasteiger partial charge in [-0.3, -0.25) is 11.3 Å². The Kier molecular flexibility index (Phi) is 4.63. The van der Waals surface area contributed by atoms with Crippen molar-refractivity contribution in [2.45, 2.75) is 12.5 Å². The molecule has 100 valence electrons. The number of rotatable bonds is 4. The van der Waals surface area contributed by atoms with Crippen LogP contribution in [-0.2, 0) is 6.42 Å². The molecule has 0 radical (unpaired) electrons. The second-order valence-electron chi connectivity index (χ2n) is 4.19. The Labute approximate surface area is 118 Å². The molecule has 0 saturated carbocycles. The zero-order chi connectivity index (χ0) is 13.8. The molecular weight excluding hydrogens is 314 g/mol. The molecule has 5 heteroatoms. The molecule has 2 aromatic rings. The van der Waals surface area contributed by atoms with E-state index in [1.54, 1.807) is 24.3 Å². The third-order valence-corrected chi connectivity index (χ3v) is 3.75. The molecule has 0 saturated heterocycles. The van der Waals surface area contributed by atoms with Crippen molar-refractivity contribution < 1.29 is 8.78 Å². The lowest BCUT2D eigenvalue weighted by molar-refractivity contribution is 0.539. The minimum Gasteiger partial charge on any atom is -0.271 e. The van der Waals surface area contributed by atoms with Crippen LogP contribution in [0, 0.1) is 11.6 Å². The summed E-state index contributed by atoms with van der Waals surface area (Å²) in [5.41, 5.74) is 4.30. The van der Waals surface area contributed by atoms with Crippen molar-refractivity contribution in [2.24, 2.45) is 5.84 Å². The third kappa shape index (κ3) is 3.37. The van der Waals surface area contributed by atoms with Crippen molar-refractivity contribution in [1.29, 1.82) is 0 Å². The van der Waals surface area contributed by atoms with E-state index in [-0.39, 0.29) is 17.7 Å². The second kappa shape index (κ2) is 6.23. The first kappa shape index (κ1) is 14.1. The average Bonchev–Trinajstić information content (AvgIpc) is 2.42. The van der Waals surface area contributed by atoms with Gasteiger partial charge < -0.3 is 0 Å². The quantitative estimate of drug-likeness (QED) is 0.667. The molecule has 2 nitrogen and oxygen atoms in total. The molecule has 2 aromatic carbocycles. The van der Waals surface area contributed by atoms with Crippen LogP contribution in [0.5, 0.6) is 0 Å². The summed E-state index contributed by atoms with van der Waals surface area (Å²) in [6.07, 6.45) is 0.541. The van der Waals surface area contributed by atoms with Crippen LogP contribution in [0.3, 0.4) is 0 Å².